The Morgan fingerprint density at radius 2 is 2.43 bits per heavy atom. The molecule has 0 aliphatic heterocycles. The lowest BCUT2D eigenvalue weighted by atomic mass is 9.90. The number of fused-ring (bicyclic) bond motifs is 1. The largest absolute Gasteiger partial charge is 0.381 e. The third kappa shape index (κ3) is 4.86. The normalized spacial score (nSPS) is 19.3. The molecule has 0 bridgehead atoms. The molecule has 116 valence electrons. The first kappa shape index (κ1) is 16.0. The van der Waals surface area contributed by atoms with Crippen molar-refractivity contribution in [3.8, 4) is 0 Å². The fourth-order valence-electron chi connectivity index (χ4n) is 2.57. The number of methoxy groups -OCH3 is 1. The zero-order valence-electron chi connectivity index (χ0n) is 12.9. The lowest BCUT2D eigenvalue weighted by Crippen LogP contribution is -2.37. The molecule has 1 aromatic heterocycles. The molecule has 2 atom stereocenters. The summed E-state index contributed by atoms with van der Waals surface area (Å²) >= 11 is 1.80. The highest BCUT2D eigenvalue weighted by atomic mass is 32.1. The van der Waals surface area contributed by atoms with Gasteiger partial charge < -0.3 is 15.4 Å². The van der Waals surface area contributed by atoms with Crippen LogP contribution in [0.1, 0.15) is 30.7 Å². The second kappa shape index (κ2) is 7.61. The summed E-state index contributed by atoms with van der Waals surface area (Å²) in [6.45, 7) is 4.37. The molecule has 0 aromatic carbocycles. The predicted molar refractivity (Wildman–Crippen MR) is 87.8 cm³/mol. The van der Waals surface area contributed by atoms with E-state index in [-0.39, 0.29) is 12.1 Å². The van der Waals surface area contributed by atoms with Gasteiger partial charge in [0.25, 0.3) is 0 Å². The summed E-state index contributed by atoms with van der Waals surface area (Å²) in [5.41, 5.74) is 1.46. The highest BCUT2D eigenvalue weighted by Crippen LogP contribution is 2.35. The molecule has 1 heterocycles. The molecule has 0 spiro atoms. The van der Waals surface area contributed by atoms with Crippen LogP contribution >= 0.6 is 11.3 Å². The van der Waals surface area contributed by atoms with E-state index in [0.29, 0.717) is 6.61 Å². The maximum absolute atomic E-state index is 11.3. The summed E-state index contributed by atoms with van der Waals surface area (Å²) in [7, 11) is 1.65. The van der Waals surface area contributed by atoms with Gasteiger partial charge in [0, 0.05) is 18.9 Å². The van der Waals surface area contributed by atoms with Crippen LogP contribution in [0.3, 0.4) is 0 Å². The Labute approximate surface area is 130 Å². The van der Waals surface area contributed by atoms with Gasteiger partial charge in [-0.05, 0) is 42.9 Å². The van der Waals surface area contributed by atoms with Crippen LogP contribution in [0.4, 0.5) is 5.00 Å². The van der Waals surface area contributed by atoms with E-state index in [2.05, 4.69) is 23.6 Å². The second-order valence-electron chi connectivity index (χ2n) is 5.61. The number of nitrogens with one attached hydrogen (secondary N) is 2. The van der Waals surface area contributed by atoms with Gasteiger partial charge >= 0.3 is 0 Å². The predicted octanol–water partition coefficient (Wildman–Crippen LogP) is 2.95. The first-order chi connectivity index (χ1) is 10.1. The van der Waals surface area contributed by atoms with Crippen molar-refractivity contribution < 1.29 is 9.53 Å². The number of hydrogen-bond acceptors (Lipinski definition) is 4. The summed E-state index contributed by atoms with van der Waals surface area (Å²) in [4.78, 5) is 12.8. The third-order valence-electron chi connectivity index (χ3n) is 3.58. The molecule has 21 heavy (non-hydrogen) atoms. The van der Waals surface area contributed by atoms with Gasteiger partial charge in [-0.25, -0.2) is 0 Å². The monoisotopic (exact) mass is 308 g/mol. The fraction of sp³-hybridized carbons (Fsp3) is 0.562. The Bertz CT molecular complexity index is 510. The Morgan fingerprint density at radius 1 is 1.62 bits per heavy atom. The van der Waals surface area contributed by atoms with Crippen molar-refractivity contribution >= 4 is 22.2 Å². The van der Waals surface area contributed by atoms with E-state index < -0.39 is 0 Å². The van der Waals surface area contributed by atoms with Crippen LogP contribution in [-0.4, -0.2) is 25.8 Å². The Hall–Kier alpha value is -1.33. The number of carbonyl (C=O) groups excluding carboxylic acids is 1. The van der Waals surface area contributed by atoms with Crippen LogP contribution in [0.25, 0.3) is 0 Å². The summed E-state index contributed by atoms with van der Waals surface area (Å²) in [5.74, 6) is 0.720. The molecule has 1 aliphatic carbocycles. The maximum Gasteiger partial charge on any atom is 0.218 e. The Morgan fingerprint density at radius 3 is 3.14 bits per heavy atom. The molecule has 0 radical (unpaired) electrons. The molecule has 2 N–H and O–H groups in total. The first-order valence-electron chi connectivity index (χ1n) is 7.39. The quantitative estimate of drug-likeness (QED) is 0.627. The van der Waals surface area contributed by atoms with Gasteiger partial charge in [-0.3, -0.25) is 4.79 Å². The Kier molecular flexibility index (Phi) is 5.82. The topological polar surface area (TPSA) is 50.4 Å². The maximum atomic E-state index is 11.3. The number of carbonyl (C=O) groups is 1. The SMILES string of the molecule is COC/C=C/C(NC(C)=O)Nc1cc2c(s1)CCC(C)C2. The van der Waals surface area contributed by atoms with Crippen LogP contribution in [0.15, 0.2) is 18.2 Å². The minimum Gasteiger partial charge on any atom is -0.381 e. The van der Waals surface area contributed by atoms with Gasteiger partial charge in [0.15, 0.2) is 0 Å². The second-order valence-corrected chi connectivity index (χ2v) is 6.75. The molecule has 5 heteroatoms. The lowest BCUT2D eigenvalue weighted by molar-refractivity contribution is -0.119. The number of aryl methyl sites for hydroxylation is 1. The number of ether oxygens (including phenoxy) is 1. The number of thiophene rings is 1. The van der Waals surface area contributed by atoms with E-state index in [9.17, 15) is 4.79 Å². The molecule has 0 saturated heterocycles. The molecule has 1 aromatic rings. The van der Waals surface area contributed by atoms with Crippen molar-refractivity contribution in [1.82, 2.24) is 5.32 Å². The van der Waals surface area contributed by atoms with Crippen LogP contribution < -0.4 is 10.6 Å². The van der Waals surface area contributed by atoms with E-state index >= 15 is 0 Å². The zero-order chi connectivity index (χ0) is 15.2. The summed E-state index contributed by atoms with van der Waals surface area (Å²) in [6.07, 6.45) is 7.24. The van der Waals surface area contributed by atoms with Crippen molar-refractivity contribution in [2.45, 2.75) is 39.3 Å². The number of amides is 1. The summed E-state index contributed by atoms with van der Waals surface area (Å²) in [6, 6.07) is 2.23. The van der Waals surface area contributed by atoms with Crippen molar-refractivity contribution in [3.05, 3.63) is 28.7 Å². The summed E-state index contributed by atoms with van der Waals surface area (Å²) < 4.78 is 5.00. The lowest BCUT2D eigenvalue weighted by Gasteiger charge is -2.16. The van der Waals surface area contributed by atoms with Crippen molar-refractivity contribution in [3.63, 3.8) is 0 Å². The van der Waals surface area contributed by atoms with Gasteiger partial charge in [-0.2, -0.15) is 0 Å². The number of anilines is 1. The molecule has 1 aliphatic rings. The average molecular weight is 308 g/mol. The van der Waals surface area contributed by atoms with E-state index in [0.717, 1.165) is 17.3 Å². The first-order valence-corrected chi connectivity index (χ1v) is 8.21. The van der Waals surface area contributed by atoms with Gasteiger partial charge in [-0.1, -0.05) is 13.0 Å². The van der Waals surface area contributed by atoms with Gasteiger partial charge in [0.1, 0.15) is 6.17 Å². The van der Waals surface area contributed by atoms with Crippen molar-refractivity contribution in [2.24, 2.45) is 5.92 Å². The van der Waals surface area contributed by atoms with E-state index in [1.807, 2.05) is 12.2 Å². The Balaban J connectivity index is 2.03. The number of hydrogen-bond donors (Lipinski definition) is 2. The third-order valence-corrected chi connectivity index (χ3v) is 4.75. The van der Waals surface area contributed by atoms with E-state index in [4.69, 9.17) is 4.74 Å². The smallest absolute Gasteiger partial charge is 0.218 e. The number of rotatable bonds is 6. The average Bonchev–Trinajstić information content (AvgIpc) is 2.79. The minimum atomic E-state index is -0.199. The fourth-order valence-corrected chi connectivity index (χ4v) is 3.72. The van der Waals surface area contributed by atoms with Crippen LogP contribution in [0.5, 0.6) is 0 Å². The highest BCUT2D eigenvalue weighted by molar-refractivity contribution is 7.16. The highest BCUT2D eigenvalue weighted by Gasteiger charge is 2.19. The van der Waals surface area contributed by atoms with Crippen LogP contribution in [0, 0.1) is 5.92 Å². The molecule has 2 unspecified atom stereocenters. The molecular weight excluding hydrogens is 284 g/mol. The zero-order valence-corrected chi connectivity index (χ0v) is 13.8. The summed E-state index contributed by atoms with van der Waals surface area (Å²) in [5, 5.41) is 7.40. The van der Waals surface area contributed by atoms with Crippen LogP contribution in [-0.2, 0) is 22.4 Å². The molecule has 1 amide bonds. The van der Waals surface area contributed by atoms with Crippen LogP contribution in [0.2, 0.25) is 0 Å². The van der Waals surface area contributed by atoms with Gasteiger partial charge in [0.05, 0.1) is 11.6 Å². The van der Waals surface area contributed by atoms with Gasteiger partial charge in [-0.15, -0.1) is 11.3 Å². The standard InChI is InChI=1S/C16H24N2O2S/c1-11-6-7-14-13(9-11)10-16(21-14)18-15(17-12(2)19)5-4-8-20-3/h4-5,10-11,15,18H,6-9H2,1-3H3,(H,17,19)/b5-4+. The molecule has 2 rings (SSSR count). The minimum absolute atomic E-state index is 0.0514. The molecular formula is C16H24N2O2S. The molecule has 0 fully saturated rings. The van der Waals surface area contributed by atoms with Gasteiger partial charge in [0.2, 0.25) is 5.91 Å². The van der Waals surface area contributed by atoms with Crippen molar-refractivity contribution in [2.75, 3.05) is 19.0 Å². The van der Waals surface area contributed by atoms with E-state index in [1.54, 1.807) is 18.4 Å². The molecule has 0 saturated carbocycles. The molecule has 4 nitrogen and oxygen atoms in total. The van der Waals surface area contributed by atoms with E-state index in [1.165, 1.54) is 30.2 Å². The van der Waals surface area contributed by atoms with Crippen molar-refractivity contribution in [1.29, 1.82) is 0 Å².